The van der Waals surface area contributed by atoms with Crippen LogP contribution in [-0.2, 0) is 5.75 Å². The largest absolute Gasteiger partial charge is 0.478 e. The standard InChI is InChI=1S/C9H11NO2S/c1-2-13-6-7-3-8(9(11)12)5-10-4-7/h3-5H,2,6H2,1H3,(H,11,12). The second-order valence-electron chi connectivity index (χ2n) is 2.52. The Morgan fingerprint density at radius 3 is 3.00 bits per heavy atom. The van der Waals surface area contributed by atoms with Crippen LogP contribution in [0.15, 0.2) is 18.5 Å². The van der Waals surface area contributed by atoms with Crippen molar-refractivity contribution < 1.29 is 9.90 Å². The van der Waals surface area contributed by atoms with Crippen molar-refractivity contribution in [3.8, 4) is 0 Å². The van der Waals surface area contributed by atoms with Gasteiger partial charge in [-0.2, -0.15) is 11.8 Å². The fourth-order valence-electron chi connectivity index (χ4n) is 0.903. The molecule has 0 amide bonds. The van der Waals surface area contributed by atoms with E-state index in [4.69, 9.17) is 5.11 Å². The molecule has 0 aliphatic carbocycles. The van der Waals surface area contributed by atoms with Crippen molar-refractivity contribution >= 4 is 17.7 Å². The third-order valence-electron chi connectivity index (χ3n) is 1.51. The maximum Gasteiger partial charge on any atom is 0.337 e. The van der Waals surface area contributed by atoms with E-state index in [0.717, 1.165) is 17.1 Å². The number of hydrogen-bond acceptors (Lipinski definition) is 3. The third-order valence-corrected chi connectivity index (χ3v) is 2.46. The minimum Gasteiger partial charge on any atom is -0.478 e. The van der Waals surface area contributed by atoms with Gasteiger partial charge in [0.1, 0.15) is 0 Å². The summed E-state index contributed by atoms with van der Waals surface area (Å²) in [4.78, 5) is 14.4. The van der Waals surface area contributed by atoms with E-state index in [1.165, 1.54) is 6.20 Å². The zero-order chi connectivity index (χ0) is 9.68. The summed E-state index contributed by atoms with van der Waals surface area (Å²) in [5, 5.41) is 8.69. The van der Waals surface area contributed by atoms with Crippen molar-refractivity contribution in [1.82, 2.24) is 4.98 Å². The van der Waals surface area contributed by atoms with Crippen molar-refractivity contribution in [3.05, 3.63) is 29.6 Å². The molecule has 0 spiro atoms. The van der Waals surface area contributed by atoms with Crippen LogP contribution >= 0.6 is 11.8 Å². The molecule has 1 N–H and O–H groups in total. The first kappa shape index (κ1) is 10.1. The monoisotopic (exact) mass is 197 g/mol. The van der Waals surface area contributed by atoms with Crippen molar-refractivity contribution in [1.29, 1.82) is 0 Å². The van der Waals surface area contributed by atoms with Gasteiger partial charge in [0.2, 0.25) is 0 Å². The second kappa shape index (κ2) is 4.87. The first-order valence-electron chi connectivity index (χ1n) is 3.99. The van der Waals surface area contributed by atoms with E-state index >= 15 is 0 Å². The Hall–Kier alpha value is -1.03. The fraction of sp³-hybridized carbons (Fsp3) is 0.333. The molecule has 70 valence electrons. The number of carbonyl (C=O) groups is 1. The van der Waals surface area contributed by atoms with Gasteiger partial charge in [0, 0.05) is 18.1 Å². The predicted octanol–water partition coefficient (Wildman–Crippen LogP) is 2.03. The number of carboxylic acids is 1. The molecule has 0 aliphatic rings. The molecule has 0 aliphatic heterocycles. The Morgan fingerprint density at radius 1 is 1.62 bits per heavy atom. The molecule has 0 aromatic carbocycles. The van der Waals surface area contributed by atoms with Crippen molar-refractivity contribution in [2.45, 2.75) is 12.7 Å². The number of rotatable bonds is 4. The van der Waals surface area contributed by atoms with Gasteiger partial charge in [-0.25, -0.2) is 4.79 Å². The van der Waals surface area contributed by atoms with Crippen LogP contribution in [0, 0.1) is 0 Å². The lowest BCUT2D eigenvalue weighted by Gasteiger charge is -1.99. The van der Waals surface area contributed by atoms with E-state index in [-0.39, 0.29) is 5.56 Å². The van der Waals surface area contributed by atoms with Crippen LogP contribution in [0.2, 0.25) is 0 Å². The second-order valence-corrected chi connectivity index (χ2v) is 3.80. The van der Waals surface area contributed by atoms with E-state index in [1.807, 2.05) is 0 Å². The average molecular weight is 197 g/mol. The van der Waals surface area contributed by atoms with Gasteiger partial charge in [-0.05, 0) is 17.4 Å². The van der Waals surface area contributed by atoms with Crippen LogP contribution in [0.25, 0.3) is 0 Å². The number of hydrogen-bond donors (Lipinski definition) is 1. The number of pyridine rings is 1. The first-order chi connectivity index (χ1) is 6.24. The van der Waals surface area contributed by atoms with Crippen LogP contribution in [0.3, 0.4) is 0 Å². The number of aromatic carboxylic acids is 1. The minimum atomic E-state index is -0.921. The van der Waals surface area contributed by atoms with E-state index in [2.05, 4.69) is 11.9 Å². The van der Waals surface area contributed by atoms with Gasteiger partial charge in [-0.1, -0.05) is 6.92 Å². The molecule has 0 fully saturated rings. The summed E-state index contributed by atoms with van der Waals surface area (Å²) in [7, 11) is 0. The molecule has 1 aromatic rings. The van der Waals surface area contributed by atoms with Crippen LogP contribution < -0.4 is 0 Å². The topological polar surface area (TPSA) is 50.2 Å². The van der Waals surface area contributed by atoms with E-state index in [0.29, 0.717) is 0 Å². The SMILES string of the molecule is CCSCc1cncc(C(=O)O)c1. The highest BCUT2D eigenvalue weighted by molar-refractivity contribution is 7.98. The van der Waals surface area contributed by atoms with Gasteiger partial charge in [-0.15, -0.1) is 0 Å². The van der Waals surface area contributed by atoms with Crippen molar-refractivity contribution in [2.75, 3.05) is 5.75 Å². The van der Waals surface area contributed by atoms with Crippen LogP contribution in [-0.4, -0.2) is 21.8 Å². The molecule has 0 unspecified atom stereocenters. The maximum absolute atomic E-state index is 10.6. The van der Waals surface area contributed by atoms with Crippen LogP contribution in [0.5, 0.6) is 0 Å². The smallest absolute Gasteiger partial charge is 0.337 e. The lowest BCUT2D eigenvalue weighted by Crippen LogP contribution is -1.98. The molecule has 3 nitrogen and oxygen atoms in total. The summed E-state index contributed by atoms with van der Waals surface area (Å²) in [6, 6.07) is 1.66. The zero-order valence-electron chi connectivity index (χ0n) is 7.36. The average Bonchev–Trinajstić information content (AvgIpc) is 2.15. The summed E-state index contributed by atoms with van der Waals surface area (Å²) >= 11 is 1.75. The Morgan fingerprint density at radius 2 is 2.38 bits per heavy atom. The Labute approximate surface area is 81.2 Å². The molecular weight excluding hydrogens is 186 g/mol. The molecule has 13 heavy (non-hydrogen) atoms. The highest BCUT2D eigenvalue weighted by Crippen LogP contribution is 2.11. The summed E-state index contributed by atoms with van der Waals surface area (Å²) in [6.07, 6.45) is 3.07. The van der Waals surface area contributed by atoms with Crippen molar-refractivity contribution in [3.63, 3.8) is 0 Å². The van der Waals surface area contributed by atoms with Crippen LogP contribution in [0.1, 0.15) is 22.8 Å². The van der Waals surface area contributed by atoms with E-state index in [9.17, 15) is 4.79 Å². The normalized spacial score (nSPS) is 9.92. The lowest BCUT2D eigenvalue weighted by atomic mass is 10.2. The molecule has 0 saturated carbocycles. The Bertz CT molecular complexity index is 301. The van der Waals surface area contributed by atoms with Crippen molar-refractivity contribution in [2.24, 2.45) is 0 Å². The first-order valence-corrected chi connectivity index (χ1v) is 5.14. The zero-order valence-corrected chi connectivity index (χ0v) is 8.17. The molecule has 0 bridgehead atoms. The predicted molar refractivity (Wildman–Crippen MR) is 53.0 cm³/mol. The van der Waals surface area contributed by atoms with Gasteiger partial charge in [-0.3, -0.25) is 4.98 Å². The molecule has 1 rings (SSSR count). The molecule has 0 saturated heterocycles. The highest BCUT2D eigenvalue weighted by Gasteiger charge is 2.03. The quantitative estimate of drug-likeness (QED) is 0.802. The van der Waals surface area contributed by atoms with Gasteiger partial charge in [0.25, 0.3) is 0 Å². The number of thioether (sulfide) groups is 1. The third kappa shape index (κ3) is 3.06. The Balaban J connectivity index is 2.73. The molecule has 1 aromatic heterocycles. The van der Waals surface area contributed by atoms with Gasteiger partial charge < -0.3 is 5.11 Å². The summed E-state index contributed by atoms with van der Waals surface area (Å²) in [5.74, 6) is 0.929. The summed E-state index contributed by atoms with van der Waals surface area (Å²) in [5.41, 5.74) is 1.22. The van der Waals surface area contributed by atoms with Gasteiger partial charge in [0.05, 0.1) is 5.56 Å². The molecule has 0 atom stereocenters. The van der Waals surface area contributed by atoms with Crippen LogP contribution in [0.4, 0.5) is 0 Å². The molecular formula is C9H11NO2S. The summed E-state index contributed by atoms with van der Waals surface area (Å²) < 4.78 is 0. The number of aromatic nitrogens is 1. The van der Waals surface area contributed by atoms with Gasteiger partial charge in [0.15, 0.2) is 0 Å². The number of carboxylic acid groups (broad SMARTS) is 1. The summed E-state index contributed by atoms with van der Waals surface area (Å²) in [6.45, 7) is 2.07. The Kier molecular flexibility index (Phi) is 3.76. The maximum atomic E-state index is 10.6. The molecule has 0 radical (unpaired) electrons. The fourth-order valence-corrected chi connectivity index (χ4v) is 1.50. The highest BCUT2D eigenvalue weighted by atomic mass is 32.2. The molecule has 1 heterocycles. The lowest BCUT2D eigenvalue weighted by molar-refractivity contribution is 0.0696. The van der Waals surface area contributed by atoms with E-state index in [1.54, 1.807) is 24.0 Å². The van der Waals surface area contributed by atoms with E-state index < -0.39 is 5.97 Å². The molecule has 4 heteroatoms. The minimum absolute atomic E-state index is 0.259. The number of nitrogens with zero attached hydrogens (tertiary/aromatic N) is 1. The van der Waals surface area contributed by atoms with Gasteiger partial charge >= 0.3 is 5.97 Å².